The van der Waals surface area contributed by atoms with Gasteiger partial charge in [0, 0.05) is 44.0 Å². The molecule has 230 valence electrons. The molecule has 3 unspecified atom stereocenters. The molecule has 4 rings (SSSR count). The molecule has 0 saturated heterocycles. The normalized spacial score (nSPS) is 19.9. The fourth-order valence-corrected chi connectivity index (χ4v) is 5.16. The van der Waals surface area contributed by atoms with Gasteiger partial charge in [-0.3, -0.25) is 14.5 Å². The zero-order chi connectivity index (χ0) is 31.4. The Morgan fingerprint density at radius 1 is 1.23 bits per heavy atom. The van der Waals surface area contributed by atoms with Gasteiger partial charge in [-0.15, -0.1) is 0 Å². The van der Waals surface area contributed by atoms with Crippen molar-refractivity contribution in [3.8, 4) is 11.3 Å². The maximum absolute atomic E-state index is 13.8. The van der Waals surface area contributed by atoms with Gasteiger partial charge >= 0.3 is 0 Å². The molecule has 3 N–H and O–H groups in total. The number of ether oxygens (including phenoxy) is 2. The Morgan fingerprint density at radius 3 is 2.60 bits per heavy atom. The van der Waals surface area contributed by atoms with Gasteiger partial charge in [0.1, 0.15) is 29.5 Å². The van der Waals surface area contributed by atoms with E-state index in [0.29, 0.717) is 22.0 Å². The van der Waals surface area contributed by atoms with Gasteiger partial charge in [-0.1, -0.05) is 22.8 Å². The molecule has 0 spiro atoms. The van der Waals surface area contributed by atoms with Gasteiger partial charge in [0.25, 0.3) is 5.91 Å². The largest absolute Gasteiger partial charge is 0.376 e. The van der Waals surface area contributed by atoms with E-state index in [2.05, 4.69) is 20.8 Å². The molecule has 3 atom stereocenters. The highest BCUT2D eigenvalue weighted by Crippen LogP contribution is 2.41. The molecule has 43 heavy (non-hydrogen) atoms. The molecule has 3 aromatic rings. The summed E-state index contributed by atoms with van der Waals surface area (Å²) >= 11 is 6.42. The molecule has 0 bridgehead atoms. The number of methoxy groups -OCH3 is 1. The fraction of sp³-hybridized carbons (Fsp3) is 0.419. The number of aliphatic hydroxyl groups is 1. The number of nitrogens with zero attached hydrogens (tertiary/aromatic N) is 3. The number of hydrogen-bond acceptors (Lipinski definition) is 9. The Balaban J connectivity index is 1.68. The number of halogens is 1. The molecule has 0 radical (unpaired) electrons. The van der Waals surface area contributed by atoms with Gasteiger partial charge in [0.2, 0.25) is 5.91 Å². The standard InChI is InChI=1S/C31H38ClN5O6/c1-30(2,3)42-13-12-26(29(40)35-20-8-10-25(34-17-20)28(39)33-5)37-18-31(4,41-6)23(16-27(37)38)22-15-19(32)7-9-21(22)24-11-14-43-36-24/h7-11,14-17,26-27,38H,12-13,18H2,1-6H3,(H,33,39)(H,35,40). The van der Waals surface area contributed by atoms with Crippen LogP contribution in [0.2, 0.25) is 5.02 Å². The number of hydrogen-bond donors (Lipinski definition) is 3. The van der Waals surface area contributed by atoms with Crippen molar-refractivity contribution in [2.75, 3.05) is 32.6 Å². The summed E-state index contributed by atoms with van der Waals surface area (Å²) < 4.78 is 17.1. The zero-order valence-corrected chi connectivity index (χ0v) is 25.9. The molecule has 12 heteroatoms. The molecule has 3 heterocycles. The molecule has 1 aliphatic heterocycles. The van der Waals surface area contributed by atoms with E-state index >= 15 is 0 Å². The molecular formula is C31H38ClN5O6. The van der Waals surface area contributed by atoms with Crippen molar-refractivity contribution in [3.63, 3.8) is 0 Å². The first kappa shape index (κ1) is 32.3. The first-order chi connectivity index (χ1) is 20.3. The number of amides is 2. The third-order valence-electron chi connectivity index (χ3n) is 7.27. The second kappa shape index (κ2) is 13.4. The van der Waals surface area contributed by atoms with Crippen LogP contribution in [0.25, 0.3) is 16.8 Å². The van der Waals surface area contributed by atoms with E-state index in [4.69, 9.17) is 25.6 Å². The summed E-state index contributed by atoms with van der Waals surface area (Å²) in [5.74, 6) is -0.702. The average molecular weight is 612 g/mol. The molecule has 2 amide bonds. The number of benzene rings is 1. The number of aromatic nitrogens is 2. The number of aliphatic hydroxyl groups excluding tert-OH is 1. The van der Waals surface area contributed by atoms with Crippen LogP contribution in [0.3, 0.4) is 0 Å². The highest BCUT2D eigenvalue weighted by molar-refractivity contribution is 6.31. The first-order valence-corrected chi connectivity index (χ1v) is 14.3. The number of nitrogens with one attached hydrogen (secondary N) is 2. The van der Waals surface area contributed by atoms with Crippen LogP contribution in [-0.2, 0) is 14.3 Å². The van der Waals surface area contributed by atoms with Gasteiger partial charge in [-0.25, -0.2) is 4.98 Å². The van der Waals surface area contributed by atoms with Crippen LogP contribution >= 0.6 is 11.6 Å². The van der Waals surface area contributed by atoms with Crippen molar-refractivity contribution in [2.45, 2.75) is 57.6 Å². The van der Waals surface area contributed by atoms with Crippen molar-refractivity contribution in [1.82, 2.24) is 20.4 Å². The lowest BCUT2D eigenvalue weighted by Gasteiger charge is -2.45. The molecule has 1 aromatic carbocycles. The summed E-state index contributed by atoms with van der Waals surface area (Å²) in [7, 11) is 3.10. The summed E-state index contributed by atoms with van der Waals surface area (Å²) in [5.41, 5.74) is 2.04. The van der Waals surface area contributed by atoms with Crippen LogP contribution in [0.5, 0.6) is 0 Å². The van der Waals surface area contributed by atoms with E-state index in [1.165, 1.54) is 25.6 Å². The molecule has 2 aromatic heterocycles. The van der Waals surface area contributed by atoms with Crippen molar-refractivity contribution in [1.29, 1.82) is 0 Å². The number of pyridine rings is 1. The predicted molar refractivity (Wildman–Crippen MR) is 163 cm³/mol. The predicted octanol–water partition coefficient (Wildman–Crippen LogP) is 4.38. The van der Waals surface area contributed by atoms with E-state index < -0.39 is 23.5 Å². The summed E-state index contributed by atoms with van der Waals surface area (Å²) in [4.78, 5) is 31.5. The summed E-state index contributed by atoms with van der Waals surface area (Å²) in [6.07, 6.45) is 3.71. The average Bonchev–Trinajstić information content (AvgIpc) is 3.51. The van der Waals surface area contributed by atoms with Crippen molar-refractivity contribution < 1.29 is 28.7 Å². The van der Waals surface area contributed by atoms with E-state index in [9.17, 15) is 14.7 Å². The number of anilines is 1. The van der Waals surface area contributed by atoms with Gasteiger partial charge in [0.05, 0.1) is 23.5 Å². The zero-order valence-electron chi connectivity index (χ0n) is 25.2. The lowest BCUT2D eigenvalue weighted by atomic mass is 9.82. The van der Waals surface area contributed by atoms with Gasteiger partial charge < -0.3 is 29.7 Å². The smallest absolute Gasteiger partial charge is 0.269 e. The van der Waals surface area contributed by atoms with Crippen LogP contribution in [0.4, 0.5) is 5.69 Å². The molecule has 0 saturated carbocycles. The van der Waals surface area contributed by atoms with Crippen LogP contribution < -0.4 is 10.6 Å². The third-order valence-corrected chi connectivity index (χ3v) is 7.50. The monoisotopic (exact) mass is 611 g/mol. The Labute approximate surface area is 256 Å². The van der Waals surface area contributed by atoms with Gasteiger partial charge in [0.15, 0.2) is 0 Å². The Kier molecular flexibility index (Phi) is 10.0. The van der Waals surface area contributed by atoms with E-state index in [-0.39, 0.29) is 37.1 Å². The van der Waals surface area contributed by atoms with Gasteiger partial charge in [-0.05, 0) is 75.6 Å². The number of carbonyl (C=O) groups excluding carboxylic acids is 2. The molecule has 0 fully saturated rings. The topological polar surface area (TPSA) is 139 Å². The Morgan fingerprint density at radius 2 is 2.00 bits per heavy atom. The van der Waals surface area contributed by atoms with Crippen LogP contribution in [0, 0.1) is 0 Å². The summed E-state index contributed by atoms with van der Waals surface area (Å²) in [6, 6.07) is 9.47. The second-order valence-electron chi connectivity index (χ2n) is 11.4. The minimum Gasteiger partial charge on any atom is -0.376 e. The van der Waals surface area contributed by atoms with Crippen LogP contribution in [0.15, 0.2) is 59.5 Å². The summed E-state index contributed by atoms with van der Waals surface area (Å²) in [6.45, 7) is 8.14. The van der Waals surface area contributed by atoms with E-state index in [0.717, 1.165) is 11.1 Å². The highest BCUT2D eigenvalue weighted by atomic mass is 35.5. The lowest BCUT2D eigenvalue weighted by Crippen LogP contribution is -2.58. The number of carbonyl (C=O) groups is 2. The third kappa shape index (κ3) is 7.67. The highest BCUT2D eigenvalue weighted by Gasteiger charge is 2.43. The second-order valence-corrected chi connectivity index (χ2v) is 11.9. The fourth-order valence-electron chi connectivity index (χ4n) is 4.99. The van der Waals surface area contributed by atoms with Crippen molar-refractivity contribution in [3.05, 3.63) is 71.2 Å². The number of rotatable bonds is 10. The van der Waals surface area contributed by atoms with Crippen molar-refractivity contribution >= 4 is 34.7 Å². The van der Waals surface area contributed by atoms with Crippen LogP contribution in [-0.4, -0.2) is 82.7 Å². The van der Waals surface area contributed by atoms with E-state index in [1.807, 2.05) is 33.8 Å². The summed E-state index contributed by atoms with van der Waals surface area (Å²) in [5, 5.41) is 21.5. The maximum Gasteiger partial charge on any atom is 0.269 e. The molecule has 0 aliphatic carbocycles. The quantitative estimate of drug-likeness (QED) is 0.305. The van der Waals surface area contributed by atoms with Crippen molar-refractivity contribution in [2.24, 2.45) is 0 Å². The molecular weight excluding hydrogens is 574 g/mol. The molecule has 11 nitrogen and oxygen atoms in total. The Hall–Kier alpha value is -3.61. The minimum absolute atomic E-state index is 0.169. The van der Waals surface area contributed by atoms with E-state index in [1.54, 1.807) is 42.4 Å². The molecule has 1 aliphatic rings. The minimum atomic E-state index is -1.15. The lowest BCUT2D eigenvalue weighted by molar-refractivity contribution is -0.131. The van der Waals surface area contributed by atoms with Crippen LogP contribution in [0.1, 0.15) is 50.2 Å². The SMILES string of the molecule is CNC(=O)c1ccc(NC(=O)C(CCOC(C)(C)C)N2CC(C)(OC)C(c3cc(Cl)ccc3-c3ccon3)=CC2O)cn1. The Bertz CT molecular complexity index is 1450. The first-order valence-electron chi connectivity index (χ1n) is 13.9. The maximum atomic E-state index is 13.8. The van der Waals surface area contributed by atoms with Gasteiger partial charge in [-0.2, -0.15) is 0 Å².